The molecule has 2 rings (SSSR count). The van der Waals surface area contributed by atoms with Crippen LogP contribution in [0.3, 0.4) is 0 Å². The molecule has 0 aliphatic heterocycles. The Morgan fingerprint density at radius 1 is 1.35 bits per heavy atom. The van der Waals surface area contributed by atoms with Gasteiger partial charge in [0.2, 0.25) is 0 Å². The van der Waals surface area contributed by atoms with Crippen LogP contribution in [0, 0.1) is 17.1 Å². The average molecular weight is 312 g/mol. The molecule has 0 saturated carbocycles. The van der Waals surface area contributed by atoms with E-state index in [1.807, 2.05) is 19.9 Å². The molecule has 0 aliphatic rings. The Labute approximate surface area is 134 Å². The van der Waals surface area contributed by atoms with Gasteiger partial charge >= 0.3 is 0 Å². The minimum atomic E-state index is -0.429. The van der Waals surface area contributed by atoms with Crippen LogP contribution in [0.5, 0.6) is 0 Å². The van der Waals surface area contributed by atoms with Gasteiger partial charge in [-0.25, -0.2) is 4.39 Å². The quantitative estimate of drug-likeness (QED) is 0.672. The number of carbonyl (C=O) groups is 1. The summed E-state index contributed by atoms with van der Waals surface area (Å²) < 4.78 is 18.5. The molecule has 0 radical (unpaired) electrons. The lowest BCUT2D eigenvalue weighted by atomic mass is 10.2. The first-order valence-electron chi connectivity index (χ1n) is 7.32. The summed E-state index contributed by atoms with van der Waals surface area (Å²) in [6, 6.07) is 11.1. The summed E-state index contributed by atoms with van der Waals surface area (Å²) in [4.78, 5) is 12.0. The van der Waals surface area contributed by atoms with E-state index in [-0.39, 0.29) is 17.4 Å². The van der Waals surface area contributed by atoms with E-state index in [9.17, 15) is 9.18 Å². The Kier molecular flexibility index (Phi) is 5.32. The van der Waals surface area contributed by atoms with E-state index in [1.54, 1.807) is 24.3 Å². The number of rotatable bonds is 5. The maximum absolute atomic E-state index is 12.9. The number of furan rings is 1. The van der Waals surface area contributed by atoms with Crippen molar-refractivity contribution in [3.05, 3.63) is 53.5 Å². The maximum atomic E-state index is 12.9. The molecule has 0 saturated heterocycles. The summed E-state index contributed by atoms with van der Waals surface area (Å²) in [7, 11) is 0. The number of hydrogen-bond donors (Lipinski definition) is 1. The third-order valence-electron chi connectivity index (χ3n) is 3.40. The van der Waals surface area contributed by atoms with Crippen molar-refractivity contribution in [1.29, 1.82) is 5.26 Å². The highest BCUT2D eigenvalue weighted by Crippen LogP contribution is 2.23. The summed E-state index contributed by atoms with van der Waals surface area (Å²) >= 11 is 0. The Balaban J connectivity index is 2.20. The summed E-state index contributed by atoms with van der Waals surface area (Å²) in [6.45, 7) is 3.81. The number of nitrogens with zero attached hydrogens (tertiary/aromatic N) is 1. The zero-order valence-corrected chi connectivity index (χ0v) is 13.0. The molecule has 4 nitrogen and oxygen atoms in total. The van der Waals surface area contributed by atoms with Crippen molar-refractivity contribution in [3.63, 3.8) is 0 Å². The van der Waals surface area contributed by atoms with E-state index < -0.39 is 5.91 Å². The normalized spacial score (nSPS) is 12.5. The Bertz CT molecular complexity index is 754. The zero-order valence-electron chi connectivity index (χ0n) is 13.0. The fourth-order valence-electron chi connectivity index (χ4n) is 1.89. The standard InChI is InChI=1S/C18H17FN2O2/c1-3-12(2)21-18(22)14(11-20)10-16-8-9-17(23-16)13-4-6-15(19)7-5-13/h4-10,12H,3H2,1-2H3,(H,21,22)/b14-10+/t12-/m1/s1. The van der Waals surface area contributed by atoms with E-state index in [0.29, 0.717) is 17.1 Å². The number of nitrogens with one attached hydrogen (secondary N) is 1. The minimum Gasteiger partial charge on any atom is -0.457 e. The van der Waals surface area contributed by atoms with Crippen molar-refractivity contribution in [1.82, 2.24) is 5.32 Å². The smallest absolute Gasteiger partial charge is 0.262 e. The van der Waals surface area contributed by atoms with E-state index >= 15 is 0 Å². The van der Waals surface area contributed by atoms with E-state index in [2.05, 4.69) is 5.32 Å². The van der Waals surface area contributed by atoms with Gasteiger partial charge in [-0.1, -0.05) is 6.92 Å². The van der Waals surface area contributed by atoms with E-state index in [0.717, 1.165) is 6.42 Å². The highest BCUT2D eigenvalue weighted by atomic mass is 19.1. The summed E-state index contributed by atoms with van der Waals surface area (Å²) in [6.07, 6.45) is 2.17. The lowest BCUT2D eigenvalue weighted by Crippen LogP contribution is -2.32. The molecule has 1 aromatic carbocycles. The van der Waals surface area contributed by atoms with Crippen LogP contribution >= 0.6 is 0 Å². The van der Waals surface area contributed by atoms with Crippen molar-refractivity contribution >= 4 is 12.0 Å². The maximum Gasteiger partial charge on any atom is 0.262 e. The third-order valence-corrected chi connectivity index (χ3v) is 3.40. The molecular formula is C18H17FN2O2. The van der Waals surface area contributed by atoms with Crippen LogP contribution in [0.25, 0.3) is 17.4 Å². The van der Waals surface area contributed by atoms with Crippen molar-refractivity contribution in [2.75, 3.05) is 0 Å². The molecule has 0 unspecified atom stereocenters. The third kappa shape index (κ3) is 4.30. The van der Waals surface area contributed by atoms with Crippen molar-refractivity contribution in [3.8, 4) is 17.4 Å². The molecule has 1 N–H and O–H groups in total. The van der Waals surface area contributed by atoms with Gasteiger partial charge in [0.25, 0.3) is 5.91 Å². The first-order valence-corrected chi connectivity index (χ1v) is 7.32. The number of benzene rings is 1. The van der Waals surface area contributed by atoms with Crippen LogP contribution in [0.15, 0.2) is 46.4 Å². The first-order chi connectivity index (χ1) is 11.0. The Morgan fingerprint density at radius 2 is 2.04 bits per heavy atom. The monoisotopic (exact) mass is 312 g/mol. The highest BCUT2D eigenvalue weighted by molar-refractivity contribution is 6.01. The van der Waals surface area contributed by atoms with E-state index in [4.69, 9.17) is 9.68 Å². The molecule has 2 aromatic rings. The van der Waals surface area contributed by atoms with Gasteiger partial charge in [-0.2, -0.15) is 5.26 Å². The van der Waals surface area contributed by atoms with Crippen LogP contribution < -0.4 is 5.32 Å². The summed E-state index contributed by atoms with van der Waals surface area (Å²) in [5.41, 5.74) is 0.693. The molecule has 0 aliphatic carbocycles. The summed E-state index contributed by atoms with van der Waals surface area (Å²) in [5.74, 6) is 0.173. The predicted molar refractivity (Wildman–Crippen MR) is 85.6 cm³/mol. The number of halogens is 1. The largest absolute Gasteiger partial charge is 0.457 e. The van der Waals surface area contributed by atoms with Gasteiger partial charge in [0.05, 0.1) is 0 Å². The zero-order chi connectivity index (χ0) is 16.8. The van der Waals surface area contributed by atoms with Gasteiger partial charge < -0.3 is 9.73 Å². The van der Waals surface area contributed by atoms with Crippen molar-refractivity contribution in [2.45, 2.75) is 26.3 Å². The topological polar surface area (TPSA) is 66.0 Å². The Hall–Kier alpha value is -2.87. The first kappa shape index (κ1) is 16.5. The SMILES string of the molecule is CC[C@@H](C)NC(=O)/C(C#N)=C/c1ccc(-c2ccc(F)cc2)o1. The van der Waals surface area contributed by atoms with E-state index in [1.165, 1.54) is 18.2 Å². The molecule has 5 heteroatoms. The van der Waals surface area contributed by atoms with Crippen LogP contribution in [0.1, 0.15) is 26.0 Å². The molecule has 0 bridgehead atoms. The molecule has 118 valence electrons. The summed E-state index contributed by atoms with van der Waals surface area (Å²) in [5, 5.41) is 11.9. The second-order valence-corrected chi connectivity index (χ2v) is 5.16. The fraction of sp³-hybridized carbons (Fsp3) is 0.222. The molecule has 0 fully saturated rings. The minimum absolute atomic E-state index is 0.00868. The molecule has 1 heterocycles. The second-order valence-electron chi connectivity index (χ2n) is 5.16. The average Bonchev–Trinajstić information content (AvgIpc) is 3.01. The van der Waals surface area contributed by atoms with Gasteiger partial charge in [-0.05, 0) is 49.7 Å². The highest BCUT2D eigenvalue weighted by Gasteiger charge is 2.12. The Morgan fingerprint density at radius 3 is 2.65 bits per heavy atom. The molecule has 0 spiro atoms. The van der Waals surface area contributed by atoms with Crippen molar-refractivity contribution < 1.29 is 13.6 Å². The molecule has 1 amide bonds. The molecule has 1 atom stereocenters. The van der Waals surface area contributed by atoms with Gasteiger partial charge in [0.15, 0.2) is 0 Å². The molecular weight excluding hydrogens is 295 g/mol. The lowest BCUT2D eigenvalue weighted by Gasteiger charge is -2.09. The lowest BCUT2D eigenvalue weighted by molar-refractivity contribution is -0.117. The fourth-order valence-corrected chi connectivity index (χ4v) is 1.89. The van der Waals surface area contributed by atoms with Crippen LogP contribution in [-0.4, -0.2) is 11.9 Å². The van der Waals surface area contributed by atoms with Gasteiger partial charge in [0, 0.05) is 17.7 Å². The van der Waals surface area contributed by atoms with Gasteiger partial charge in [0.1, 0.15) is 29.0 Å². The van der Waals surface area contributed by atoms with Gasteiger partial charge in [-0.15, -0.1) is 0 Å². The van der Waals surface area contributed by atoms with Gasteiger partial charge in [-0.3, -0.25) is 4.79 Å². The van der Waals surface area contributed by atoms with Crippen LogP contribution in [0.2, 0.25) is 0 Å². The van der Waals surface area contributed by atoms with Crippen LogP contribution in [-0.2, 0) is 4.79 Å². The second kappa shape index (κ2) is 7.41. The van der Waals surface area contributed by atoms with Crippen molar-refractivity contribution in [2.24, 2.45) is 0 Å². The predicted octanol–water partition coefficient (Wildman–Crippen LogP) is 3.91. The molecule has 23 heavy (non-hydrogen) atoms. The number of hydrogen-bond acceptors (Lipinski definition) is 3. The number of carbonyl (C=O) groups excluding carboxylic acids is 1. The number of nitriles is 1. The number of amides is 1. The molecule has 1 aromatic heterocycles. The van der Waals surface area contributed by atoms with Crippen LogP contribution in [0.4, 0.5) is 4.39 Å².